The molecule has 0 aromatic carbocycles. The van der Waals surface area contributed by atoms with Gasteiger partial charge in [-0.25, -0.2) is 4.99 Å². The largest absolute Gasteiger partial charge is 0.391 e. The minimum Gasteiger partial charge on any atom is -0.391 e. The SMILES string of the molecule is Cc1cc(N=C(N)CC(=N)N2CCC(O)C2)n[nH]1. The molecule has 0 aliphatic carbocycles. The van der Waals surface area contributed by atoms with Crippen molar-refractivity contribution in [1.82, 2.24) is 15.1 Å². The van der Waals surface area contributed by atoms with E-state index in [9.17, 15) is 5.11 Å². The van der Waals surface area contributed by atoms with E-state index in [0.717, 1.165) is 5.69 Å². The van der Waals surface area contributed by atoms with Gasteiger partial charge < -0.3 is 15.7 Å². The Morgan fingerprint density at radius 2 is 2.56 bits per heavy atom. The number of aromatic nitrogens is 2. The zero-order valence-corrected chi connectivity index (χ0v) is 10.3. The molecule has 5 N–H and O–H groups in total. The van der Waals surface area contributed by atoms with Crippen molar-refractivity contribution in [3.05, 3.63) is 11.8 Å². The van der Waals surface area contributed by atoms with Gasteiger partial charge in [-0.2, -0.15) is 5.10 Å². The summed E-state index contributed by atoms with van der Waals surface area (Å²) in [5.74, 6) is 1.27. The van der Waals surface area contributed by atoms with Crippen molar-refractivity contribution in [2.45, 2.75) is 25.9 Å². The van der Waals surface area contributed by atoms with Gasteiger partial charge in [0.2, 0.25) is 0 Å². The third-order valence-corrected chi connectivity index (χ3v) is 2.84. The molecule has 1 unspecified atom stereocenters. The van der Waals surface area contributed by atoms with E-state index in [1.54, 1.807) is 6.07 Å². The van der Waals surface area contributed by atoms with Crippen LogP contribution in [0.1, 0.15) is 18.5 Å². The minimum atomic E-state index is -0.336. The number of β-amino-alcohol motifs (C(OH)–C–C–N with tert-alkyl or cyclic N) is 1. The highest BCUT2D eigenvalue weighted by atomic mass is 16.3. The standard InChI is InChI=1S/C11H18N6O/c1-7-4-11(16-15-7)14-9(12)5-10(13)17-3-2-8(18)6-17/h4,8,13,18H,2-3,5-6H2,1H3,(H3,12,14,15,16). The molecular formula is C11H18N6O. The second-order valence-corrected chi connectivity index (χ2v) is 4.52. The fourth-order valence-corrected chi connectivity index (χ4v) is 1.92. The average Bonchev–Trinajstić information content (AvgIpc) is 2.87. The lowest BCUT2D eigenvalue weighted by molar-refractivity contribution is 0.188. The van der Waals surface area contributed by atoms with Crippen LogP contribution in [-0.4, -0.2) is 51.1 Å². The Hall–Kier alpha value is -1.89. The number of nitrogens with zero attached hydrogens (tertiary/aromatic N) is 3. The molecule has 0 amide bonds. The zero-order valence-electron chi connectivity index (χ0n) is 10.3. The first-order valence-corrected chi connectivity index (χ1v) is 5.90. The van der Waals surface area contributed by atoms with E-state index >= 15 is 0 Å². The molecule has 7 nitrogen and oxygen atoms in total. The summed E-state index contributed by atoms with van der Waals surface area (Å²) in [6.45, 7) is 3.10. The second-order valence-electron chi connectivity index (χ2n) is 4.52. The molecular weight excluding hydrogens is 232 g/mol. The fraction of sp³-hybridized carbons (Fsp3) is 0.545. The predicted molar refractivity (Wildman–Crippen MR) is 69.1 cm³/mol. The van der Waals surface area contributed by atoms with E-state index < -0.39 is 0 Å². The number of aromatic amines is 1. The summed E-state index contributed by atoms with van der Waals surface area (Å²) >= 11 is 0. The van der Waals surface area contributed by atoms with E-state index in [4.69, 9.17) is 11.1 Å². The van der Waals surface area contributed by atoms with Gasteiger partial charge in [-0.1, -0.05) is 0 Å². The van der Waals surface area contributed by atoms with Crippen LogP contribution in [0.2, 0.25) is 0 Å². The number of aliphatic hydroxyl groups excluding tert-OH is 1. The van der Waals surface area contributed by atoms with Crippen molar-refractivity contribution in [2.24, 2.45) is 10.7 Å². The maximum atomic E-state index is 9.41. The Bertz CT molecular complexity index is 466. The Morgan fingerprint density at radius 3 is 3.11 bits per heavy atom. The Balaban J connectivity index is 1.92. The molecule has 1 aliphatic heterocycles. The first kappa shape index (κ1) is 12.6. The molecule has 0 radical (unpaired) electrons. The van der Waals surface area contributed by atoms with Crippen LogP contribution in [0.3, 0.4) is 0 Å². The molecule has 7 heteroatoms. The normalized spacial score (nSPS) is 20.4. The third-order valence-electron chi connectivity index (χ3n) is 2.84. The first-order valence-electron chi connectivity index (χ1n) is 5.90. The molecule has 2 rings (SSSR count). The fourth-order valence-electron chi connectivity index (χ4n) is 1.92. The topological polar surface area (TPSA) is 114 Å². The Kier molecular flexibility index (Phi) is 3.61. The highest BCUT2D eigenvalue weighted by Gasteiger charge is 2.22. The Morgan fingerprint density at radius 1 is 1.78 bits per heavy atom. The molecule has 1 fully saturated rings. The molecule has 98 valence electrons. The minimum absolute atomic E-state index is 0.276. The van der Waals surface area contributed by atoms with Gasteiger partial charge in [-0.05, 0) is 13.3 Å². The number of aryl methyl sites for hydroxylation is 1. The van der Waals surface area contributed by atoms with E-state index in [-0.39, 0.29) is 12.5 Å². The number of nitrogens with two attached hydrogens (primary N) is 1. The van der Waals surface area contributed by atoms with E-state index in [1.807, 2.05) is 11.8 Å². The summed E-state index contributed by atoms with van der Waals surface area (Å²) in [6.07, 6.45) is 0.647. The molecule has 1 atom stereocenters. The maximum absolute atomic E-state index is 9.41. The van der Waals surface area contributed by atoms with E-state index in [1.165, 1.54) is 0 Å². The van der Waals surface area contributed by atoms with Crippen molar-refractivity contribution < 1.29 is 5.11 Å². The number of aliphatic imine (C=N–C) groups is 1. The van der Waals surface area contributed by atoms with Crippen LogP contribution < -0.4 is 5.73 Å². The maximum Gasteiger partial charge on any atom is 0.175 e. The van der Waals surface area contributed by atoms with Gasteiger partial charge in [0.25, 0.3) is 0 Å². The number of aliphatic hydroxyl groups is 1. The van der Waals surface area contributed by atoms with Crippen molar-refractivity contribution >= 4 is 17.5 Å². The van der Waals surface area contributed by atoms with Gasteiger partial charge in [-0.3, -0.25) is 10.5 Å². The van der Waals surface area contributed by atoms with Gasteiger partial charge in [-0.15, -0.1) is 0 Å². The van der Waals surface area contributed by atoms with Gasteiger partial charge in [0.05, 0.1) is 12.5 Å². The van der Waals surface area contributed by atoms with Crippen LogP contribution in [0.15, 0.2) is 11.1 Å². The van der Waals surface area contributed by atoms with Crippen molar-refractivity contribution in [2.75, 3.05) is 13.1 Å². The number of rotatable bonds is 3. The van der Waals surface area contributed by atoms with Crippen LogP contribution in [0.5, 0.6) is 0 Å². The highest BCUT2D eigenvalue weighted by Crippen LogP contribution is 2.12. The molecule has 0 spiro atoms. The number of hydrogen-bond acceptors (Lipinski definition) is 4. The van der Waals surface area contributed by atoms with Crippen LogP contribution in [0.4, 0.5) is 5.82 Å². The van der Waals surface area contributed by atoms with E-state index in [0.29, 0.717) is 37.0 Å². The van der Waals surface area contributed by atoms with Gasteiger partial charge in [0, 0.05) is 24.8 Å². The molecule has 18 heavy (non-hydrogen) atoms. The third kappa shape index (κ3) is 3.07. The van der Waals surface area contributed by atoms with Crippen molar-refractivity contribution in [3.63, 3.8) is 0 Å². The van der Waals surface area contributed by atoms with Gasteiger partial charge in [0.1, 0.15) is 11.7 Å². The first-order chi connectivity index (χ1) is 8.54. The monoisotopic (exact) mass is 250 g/mol. The summed E-state index contributed by atoms with van der Waals surface area (Å²) in [6, 6.07) is 1.79. The Labute approximate surface area is 105 Å². The summed E-state index contributed by atoms with van der Waals surface area (Å²) in [5.41, 5.74) is 6.70. The quantitative estimate of drug-likeness (QED) is 0.451. The van der Waals surface area contributed by atoms with Crippen molar-refractivity contribution in [1.29, 1.82) is 5.41 Å². The highest BCUT2D eigenvalue weighted by molar-refractivity contribution is 6.01. The number of likely N-dealkylation sites (tertiary alicyclic amines) is 1. The molecule has 0 bridgehead atoms. The van der Waals surface area contributed by atoms with Crippen LogP contribution in [0.25, 0.3) is 0 Å². The molecule has 1 aromatic heterocycles. The summed E-state index contributed by atoms with van der Waals surface area (Å²) in [5, 5.41) is 24.0. The molecule has 1 aromatic rings. The smallest absolute Gasteiger partial charge is 0.175 e. The lowest BCUT2D eigenvalue weighted by Crippen LogP contribution is -2.32. The number of amidine groups is 2. The van der Waals surface area contributed by atoms with Gasteiger partial charge >= 0.3 is 0 Å². The average molecular weight is 250 g/mol. The number of nitrogens with one attached hydrogen (secondary N) is 2. The number of hydrogen-bond donors (Lipinski definition) is 4. The van der Waals surface area contributed by atoms with Gasteiger partial charge in [0.15, 0.2) is 5.82 Å². The summed E-state index contributed by atoms with van der Waals surface area (Å²) in [7, 11) is 0. The lowest BCUT2D eigenvalue weighted by Gasteiger charge is -2.18. The molecule has 2 heterocycles. The van der Waals surface area contributed by atoms with E-state index in [2.05, 4.69) is 15.2 Å². The molecule has 1 aliphatic rings. The van der Waals surface area contributed by atoms with Crippen LogP contribution in [0, 0.1) is 12.3 Å². The van der Waals surface area contributed by atoms with Crippen LogP contribution >= 0.6 is 0 Å². The van der Waals surface area contributed by atoms with Crippen LogP contribution in [-0.2, 0) is 0 Å². The summed E-state index contributed by atoms with van der Waals surface area (Å²) in [4.78, 5) is 5.95. The molecule has 0 saturated carbocycles. The lowest BCUT2D eigenvalue weighted by atomic mass is 10.3. The predicted octanol–water partition coefficient (Wildman–Crippen LogP) is 0.141. The molecule has 1 saturated heterocycles. The zero-order chi connectivity index (χ0) is 13.1. The number of H-pyrrole nitrogens is 1. The second kappa shape index (κ2) is 5.18. The summed E-state index contributed by atoms with van der Waals surface area (Å²) < 4.78 is 0. The van der Waals surface area contributed by atoms with Crippen molar-refractivity contribution in [3.8, 4) is 0 Å².